The van der Waals surface area contributed by atoms with E-state index in [0.717, 1.165) is 16.9 Å². The second kappa shape index (κ2) is 7.97. The third-order valence-electron chi connectivity index (χ3n) is 3.74. The molecule has 0 fully saturated rings. The monoisotopic (exact) mass is 347 g/mol. The SMILES string of the molecule is COc1cccc(OC)c1CC(=S)CNC(=O)c1cc(C)c(C)o1. The number of benzene rings is 1. The Morgan fingerprint density at radius 1 is 1.21 bits per heavy atom. The lowest BCUT2D eigenvalue weighted by Gasteiger charge is -2.13. The zero-order valence-electron chi connectivity index (χ0n) is 14.3. The first-order valence-electron chi connectivity index (χ1n) is 7.53. The van der Waals surface area contributed by atoms with E-state index in [-0.39, 0.29) is 12.5 Å². The van der Waals surface area contributed by atoms with Crippen LogP contribution < -0.4 is 14.8 Å². The Kier molecular flexibility index (Phi) is 5.98. The van der Waals surface area contributed by atoms with Gasteiger partial charge in [0.2, 0.25) is 0 Å². The van der Waals surface area contributed by atoms with Gasteiger partial charge >= 0.3 is 0 Å². The van der Waals surface area contributed by atoms with E-state index in [4.69, 9.17) is 26.1 Å². The van der Waals surface area contributed by atoms with Crippen molar-refractivity contribution in [2.24, 2.45) is 0 Å². The average molecular weight is 347 g/mol. The maximum Gasteiger partial charge on any atom is 0.287 e. The molecule has 128 valence electrons. The lowest BCUT2D eigenvalue weighted by atomic mass is 10.1. The van der Waals surface area contributed by atoms with Gasteiger partial charge in [0.05, 0.1) is 14.2 Å². The number of ether oxygens (including phenoxy) is 2. The van der Waals surface area contributed by atoms with Gasteiger partial charge in [-0.2, -0.15) is 0 Å². The van der Waals surface area contributed by atoms with Crippen molar-refractivity contribution in [3.63, 3.8) is 0 Å². The second-order valence-electron chi connectivity index (χ2n) is 5.39. The minimum atomic E-state index is -0.277. The van der Waals surface area contributed by atoms with Crippen molar-refractivity contribution in [3.8, 4) is 11.5 Å². The highest BCUT2D eigenvalue weighted by Crippen LogP contribution is 2.28. The molecule has 0 aliphatic rings. The number of hydrogen-bond donors (Lipinski definition) is 1. The first kappa shape index (κ1) is 18.0. The zero-order chi connectivity index (χ0) is 17.7. The van der Waals surface area contributed by atoms with E-state index in [1.807, 2.05) is 32.0 Å². The largest absolute Gasteiger partial charge is 0.496 e. The number of nitrogens with one attached hydrogen (secondary N) is 1. The molecule has 0 spiro atoms. The summed E-state index contributed by atoms with van der Waals surface area (Å²) in [7, 11) is 3.20. The number of aryl methyl sites for hydroxylation is 2. The molecule has 2 aromatic rings. The van der Waals surface area contributed by atoms with Crippen LogP contribution in [0.3, 0.4) is 0 Å². The van der Waals surface area contributed by atoms with Gasteiger partial charge in [0.25, 0.3) is 5.91 Å². The fraction of sp³-hybridized carbons (Fsp3) is 0.333. The van der Waals surface area contributed by atoms with Crippen molar-refractivity contribution in [2.75, 3.05) is 20.8 Å². The van der Waals surface area contributed by atoms with Crippen LogP contribution in [0.1, 0.15) is 27.4 Å². The van der Waals surface area contributed by atoms with Crippen LogP contribution >= 0.6 is 12.2 Å². The van der Waals surface area contributed by atoms with E-state index in [1.54, 1.807) is 20.3 Å². The van der Waals surface area contributed by atoms with Gasteiger partial charge in [-0.15, -0.1) is 0 Å². The predicted molar refractivity (Wildman–Crippen MR) is 96.4 cm³/mol. The van der Waals surface area contributed by atoms with Gasteiger partial charge < -0.3 is 19.2 Å². The van der Waals surface area contributed by atoms with Crippen LogP contribution in [0.5, 0.6) is 11.5 Å². The molecule has 0 atom stereocenters. The highest BCUT2D eigenvalue weighted by Gasteiger charge is 2.15. The van der Waals surface area contributed by atoms with E-state index >= 15 is 0 Å². The lowest BCUT2D eigenvalue weighted by molar-refractivity contribution is 0.0930. The molecule has 0 unspecified atom stereocenters. The van der Waals surface area contributed by atoms with E-state index in [9.17, 15) is 4.79 Å². The quantitative estimate of drug-likeness (QED) is 0.779. The van der Waals surface area contributed by atoms with Gasteiger partial charge in [-0.25, -0.2) is 0 Å². The molecule has 6 heteroatoms. The van der Waals surface area contributed by atoms with Crippen molar-refractivity contribution < 1.29 is 18.7 Å². The molecule has 24 heavy (non-hydrogen) atoms. The molecular formula is C18H21NO4S. The molecule has 1 N–H and O–H groups in total. The number of methoxy groups -OCH3 is 2. The third-order valence-corrected chi connectivity index (χ3v) is 4.03. The summed E-state index contributed by atoms with van der Waals surface area (Å²) in [6, 6.07) is 7.28. The molecule has 2 rings (SSSR count). The molecular weight excluding hydrogens is 326 g/mol. The van der Waals surface area contributed by atoms with Gasteiger partial charge in [0.15, 0.2) is 5.76 Å². The van der Waals surface area contributed by atoms with E-state index < -0.39 is 0 Å². The number of thiocarbonyl (C=S) groups is 1. The standard InChI is InChI=1S/C18H21NO4S/c1-11-8-17(23-12(11)2)18(20)19-10-13(24)9-14-15(21-3)6-5-7-16(14)22-4/h5-8H,9-10H2,1-4H3,(H,19,20). The van der Waals surface area contributed by atoms with Crippen molar-refractivity contribution >= 4 is 23.0 Å². The number of carbonyl (C=O) groups is 1. The summed E-state index contributed by atoms with van der Waals surface area (Å²) in [6.45, 7) is 3.99. The molecule has 0 radical (unpaired) electrons. The summed E-state index contributed by atoms with van der Waals surface area (Å²) in [6.07, 6.45) is 0.471. The number of amides is 1. The third kappa shape index (κ3) is 4.14. The van der Waals surface area contributed by atoms with Gasteiger partial charge in [0.1, 0.15) is 17.3 Å². The highest BCUT2D eigenvalue weighted by molar-refractivity contribution is 7.80. The Hall–Kier alpha value is -2.34. The Balaban J connectivity index is 2.00. The number of hydrogen-bond acceptors (Lipinski definition) is 5. The Bertz CT molecular complexity index is 710. The van der Waals surface area contributed by atoms with Crippen LogP contribution in [0.25, 0.3) is 0 Å². The Morgan fingerprint density at radius 2 is 1.83 bits per heavy atom. The molecule has 0 aliphatic carbocycles. The van der Waals surface area contributed by atoms with E-state index in [2.05, 4.69) is 5.32 Å². The summed E-state index contributed by atoms with van der Waals surface area (Å²) in [5.74, 6) is 2.17. The van der Waals surface area contributed by atoms with Crippen LogP contribution in [-0.2, 0) is 6.42 Å². The molecule has 1 aromatic heterocycles. The van der Waals surface area contributed by atoms with Crippen molar-refractivity contribution in [2.45, 2.75) is 20.3 Å². The minimum Gasteiger partial charge on any atom is -0.496 e. The highest BCUT2D eigenvalue weighted by atomic mass is 32.1. The van der Waals surface area contributed by atoms with Crippen LogP contribution in [0, 0.1) is 13.8 Å². The molecule has 0 saturated carbocycles. The number of rotatable bonds is 7. The molecule has 1 aromatic carbocycles. The minimum absolute atomic E-state index is 0.272. The van der Waals surface area contributed by atoms with Gasteiger partial charge in [-0.05, 0) is 37.6 Å². The molecule has 0 saturated heterocycles. The smallest absolute Gasteiger partial charge is 0.287 e. The fourth-order valence-electron chi connectivity index (χ4n) is 2.31. The summed E-state index contributed by atoms with van der Waals surface area (Å²) in [5, 5.41) is 2.78. The predicted octanol–water partition coefficient (Wildman–Crippen LogP) is 3.26. The topological polar surface area (TPSA) is 60.7 Å². The van der Waals surface area contributed by atoms with E-state index in [0.29, 0.717) is 28.5 Å². The van der Waals surface area contributed by atoms with E-state index in [1.165, 1.54) is 0 Å². The maximum absolute atomic E-state index is 12.1. The molecule has 5 nitrogen and oxygen atoms in total. The van der Waals surface area contributed by atoms with Crippen molar-refractivity contribution in [1.29, 1.82) is 0 Å². The second-order valence-corrected chi connectivity index (χ2v) is 5.97. The van der Waals surface area contributed by atoms with Crippen LogP contribution in [0.15, 0.2) is 28.7 Å². The molecule has 0 bridgehead atoms. The van der Waals surface area contributed by atoms with Crippen molar-refractivity contribution in [1.82, 2.24) is 5.32 Å². The summed E-state index contributed by atoms with van der Waals surface area (Å²) in [5.41, 5.74) is 1.81. The van der Waals surface area contributed by atoms with Gasteiger partial charge in [0, 0.05) is 23.4 Å². The van der Waals surface area contributed by atoms with Crippen molar-refractivity contribution in [3.05, 3.63) is 46.9 Å². The number of furan rings is 1. The lowest BCUT2D eigenvalue weighted by Crippen LogP contribution is -2.29. The summed E-state index contributed by atoms with van der Waals surface area (Å²) >= 11 is 5.39. The molecule has 0 aliphatic heterocycles. The summed E-state index contributed by atoms with van der Waals surface area (Å²) < 4.78 is 16.1. The van der Waals surface area contributed by atoms with Crippen LogP contribution in [0.4, 0.5) is 0 Å². The fourth-order valence-corrected chi connectivity index (χ4v) is 2.53. The first-order chi connectivity index (χ1) is 11.5. The van der Waals surface area contributed by atoms with Gasteiger partial charge in [-0.1, -0.05) is 18.3 Å². The normalized spacial score (nSPS) is 10.3. The summed E-state index contributed by atoms with van der Waals surface area (Å²) in [4.78, 5) is 12.8. The molecule has 1 amide bonds. The Morgan fingerprint density at radius 3 is 2.33 bits per heavy atom. The zero-order valence-corrected chi connectivity index (χ0v) is 15.1. The van der Waals surface area contributed by atoms with Gasteiger partial charge in [-0.3, -0.25) is 4.79 Å². The van der Waals surface area contributed by atoms with Crippen LogP contribution in [0.2, 0.25) is 0 Å². The maximum atomic E-state index is 12.1. The number of carbonyl (C=O) groups excluding carboxylic acids is 1. The first-order valence-corrected chi connectivity index (χ1v) is 7.94. The average Bonchev–Trinajstić information content (AvgIpc) is 2.92. The Labute approximate surface area is 146 Å². The van der Waals surface area contributed by atoms with Crippen LogP contribution in [-0.4, -0.2) is 31.5 Å². The molecule has 1 heterocycles.